The first-order valence-corrected chi connectivity index (χ1v) is 5.03. The van der Waals surface area contributed by atoms with Crippen molar-refractivity contribution in [1.29, 1.82) is 0 Å². The van der Waals surface area contributed by atoms with Crippen molar-refractivity contribution in [2.45, 2.75) is 11.4 Å². The number of nitrogens with two attached hydrogens (primary N) is 1. The van der Waals surface area contributed by atoms with E-state index in [1.165, 1.54) is 12.3 Å². The fourth-order valence-corrected chi connectivity index (χ4v) is 1.40. The first-order valence-electron chi connectivity index (χ1n) is 3.47. The smallest absolute Gasteiger partial charge is 0.128 e. The standard InChI is InChI=1S/C8H10FNOS/c1-12(11)7-3-2-6(5-10)8(9)4-7/h2-4H,5,10H2,1H3. The molecule has 66 valence electrons. The van der Waals surface area contributed by atoms with Gasteiger partial charge in [-0.3, -0.25) is 4.21 Å². The molecule has 0 aromatic heterocycles. The van der Waals surface area contributed by atoms with Gasteiger partial charge in [-0.25, -0.2) is 4.39 Å². The zero-order valence-corrected chi connectivity index (χ0v) is 7.53. The van der Waals surface area contributed by atoms with Gasteiger partial charge in [0.15, 0.2) is 0 Å². The third kappa shape index (κ3) is 1.89. The van der Waals surface area contributed by atoms with Gasteiger partial charge in [-0.15, -0.1) is 0 Å². The second-order valence-electron chi connectivity index (χ2n) is 2.41. The van der Waals surface area contributed by atoms with E-state index in [2.05, 4.69) is 0 Å². The maximum Gasteiger partial charge on any atom is 0.128 e. The second-order valence-corrected chi connectivity index (χ2v) is 3.79. The van der Waals surface area contributed by atoms with Crippen LogP contribution in [0.15, 0.2) is 23.1 Å². The molecule has 0 saturated heterocycles. The summed E-state index contributed by atoms with van der Waals surface area (Å²) < 4.78 is 23.9. The summed E-state index contributed by atoms with van der Waals surface area (Å²) in [6.07, 6.45) is 1.51. The molecule has 0 radical (unpaired) electrons. The normalized spacial score (nSPS) is 12.9. The van der Waals surface area contributed by atoms with E-state index >= 15 is 0 Å². The zero-order valence-electron chi connectivity index (χ0n) is 6.71. The molecule has 1 aromatic carbocycles. The molecule has 0 aliphatic carbocycles. The zero-order chi connectivity index (χ0) is 9.14. The lowest BCUT2D eigenvalue weighted by Crippen LogP contribution is -2.00. The lowest BCUT2D eigenvalue weighted by atomic mass is 10.2. The van der Waals surface area contributed by atoms with Crippen LogP contribution in [-0.4, -0.2) is 10.5 Å². The highest BCUT2D eigenvalue weighted by Gasteiger charge is 2.03. The van der Waals surface area contributed by atoms with Gasteiger partial charge in [-0.1, -0.05) is 6.07 Å². The fourth-order valence-electron chi connectivity index (χ4n) is 0.872. The number of halogens is 1. The Balaban J connectivity index is 3.10. The van der Waals surface area contributed by atoms with Gasteiger partial charge in [0.1, 0.15) is 5.82 Å². The van der Waals surface area contributed by atoms with E-state index in [1.54, 1.807) is 12.1 Å². The summed E-state index contributed by atoms with van der Waals surface area (Å²) >= 11 is 0. The lowest BCUT2D eigenvalue weighted by Gasteiger charge is -2.00. The molecular weight excluding hydrogens is 177 g/mol. The molecular formula is C8H10FNOS. The number of hydrogen-bond donors (Lipinski definition) is 1. The molecule has 1 atom stereocenters. The Morgan fingerprint density at radius 3 is 2.67 bits per heavy atom. The molecule has 0 heterocycles. The SMILES string of the molecule is CS(=O)c1ccc(CN)c(F)c1. The van der Waals surface area contributed by atoms with E-state index in [0.717, 1.165) is 0 Å². The summed E-state index contributed by atoms with van der Waals surface area (Å²) in [4.78, 5) is 0.490. The van der Waals surface area contributed by atoms with Gasteiger partial charge >= 0.3 is 0 Å². The van der Waals surface area contributed by atoms with Gasteiger partial charge in [0.2, 0.25) is 0 Å². The van der Waals surface area contributed by atoms with Crippen LogP contribution in [0.2, 0.25) is 0 Å². The van der Waals surface area contributed by atoms with Gasteiger partial charge in [0.25, 0.3) is 0 Å². The summed E-state index contributed by atoms with van der Waals surface area (Å²) in [6, 6.07) is 4.45. The number of rotatable bonds is 2. The van der Waals surface area contributed by atoms with Crippen LogP contribution in [0.4, 0.5) is 4.39 Å². The molecule has 0 aliphatic heterocycles. The lowest BCUT2D eigenvalue weighted by molar-refractivity contribution is 0.606. The third-order valence-corrected chi connectivity index (χ3v) is 2.49. The van der Waals surface area contributed by atoms with Crippen molar-refractivity contribution in [3.8, 4) is 0 Å². The van der Waals surface area contributed by atoms with E-state index in [1.807, 2.05) is 0 Å². The van der Waals surface area contributed by atoms with Crippen LogP contribution in [0, 0.1) is 5.82 Å². The van der Waals surface area contributed by atoms with Crippen molar-refractivity contribution >= 4 is 10.8 Å². The van der Waals surface area contributed by atoms with Crippen molar-refractivity contribution < 1.29 is 8.60 Å². The summed E-state index contributed by atoms with van der Waals surface area (Å²) in [6.45, 7) is 0.169. The molecule has 0 aliphatic rings. The van der Waals surface area contributed by atoms with E-state index in [0.29, 0.717) is 10.5 Å². The summed E-state index contributed by atoms with van der Waals surface area (Å²) in [7, 11) is -1.13. The monoisotopic (exact) mass is 187 g/mol. The van der Waals surface area contributed by atoms with E-state index in [9.17, 15) is 8.60 Å². The van der Waals surface area contributed by atoms with Gasteiger partial charge in [-0.05, 0) is 12.1 Å². The molecule has 1 aromatic rings. The second kappa shape index (κ2) is 3.78. The number of benzene rings is 1. The molecule has 1 unspecified atom stereocenters. The van der Waals surface area contributed by atoms with E-state index in [-0.39, 0.29) is 12.4 Å². The molecule has 0 fully saturated rings. The van der Waals surface area contributed by atoms with E-state index < -0.39 is 10.8 Å². The molecule has 0 spiro atoms. The van der Waals surface area contributed by atoms with Crippen LogP contribution in [-0.2, 0) is 17.3 Å². The third-order valence-electron chi connectivity index (χ3n) is 1.58. The average molecular weight is 187 g/mol. The Hall–Kier alpha value is -0.740. The highest BCUT2D eigenvalue weighted by atomic mass is 32.2. The predicted molar refractivity (Wildman–Crippen MR) is 46.6 cm³/mol. The molecule has 12 heavy (non-hydrogen) atoms. The van der Waals surface area contributed by atoms with E-state index in [4.69, 9.17) is 5.73 Å². The van der Waals surface area contributed by atoms with Crippen molar-refractivity contribution in [2.75, 3.05) is 6.26 Å². The molecule has 2 N–H and O–H groups in total. The molecule has 0 amide bonds. The maximum atomic E-state index is 13.0. The van der Waals surface area contributed by atoms with Crippen LogP contribution in [0.25, 0.3) is 0 Å². The van der Waals surface area contributed by atoms with Gasteiger partial charge in [-0.2, -0.15) is 0 Å². The topological polar surface area (TPSA) is 43.1 Å². The molecule has 0 saturated carbocycles. The van der Waals surface area contributed by atoms with Gasteiger partial charge < -0.3 is 5.73 Å². The van der Waals surface area contributed by atoms with Crippen LogP contribution >= 0.6 is 0 Å². The highest BCUT2D eigenvalue weighted by molar-refractivity contribution is 7.84. The van der Waals surface area contributed by atoms with Crippen LogP contribution in [0.1, 0.15) is 5.56 Å². The summed E-state index contributed by atoms with van der Waals surface area (Å²) in [5.41, 5.74) is 5.71. The quantitative estimate of drug-likeness (QED) is 0.751. The van der Waals surface area contributed by atoms with Crippen LogP contribution in [0.5, 0.6) is 0 Å². The van der Waals surface area contributed by atoms with Gasteiger partial charge in [0, 0.05) is 34.1 Å². The molecule has 4 heteroatoms. The predicted octanol–water partition coefficient (Wildman–Crippen LogP) is 1.02. The molecule has 0 bridgehead atoms. The van der Waals surface area contributed by atoms with Crippen molar-refractivity contribution in [2.24, 2.45) is 5.73 Å². The maximum absolute atomic E-state index is 13.0. The first-order chi connectivity index (χ1) is 5.65. The van der Waals surface area contributed by atoms with Crippen LogP contribution < -0.4 is 5.73 Å². The largest absolute Gasteiger partial charge is 0.326 e. The summed E-state index contributed by atoms with van der Waals surface area (Å²) in [5, 5.41) is 0. The molecule has 2 nitrogen and oxygen atoms in total. The Labute approximate surface area is 73.0 Å². The number of hydrogen-bond acceptors (Lipinski definition) is 2. The Morgan fingerprint density at radius 1 is 1.58 bits per heavy atom. The minimum absolute atomic E-state index is 0.169. The van der Waals surface area contributed by atoms with Crippen LogP contribution in [0.3, 0.4) is 0 Å². The molecule has 1 rings (SSSR count). The van der Waals surface area contributed by atoms with Crippen molar-refractivity contribution in [3.63, 3.8) is 0 Å². The minimum atomic E-state index is -1.13. The van der Waals surface area contributed by atoms with Gasteiger partial charge in [0.05, 0.1) is 0 Å². The Bertz CT molecular complexity index is 314. The van der Waals surface area contributed by atoms with Crippen molar-refractivity contribution in [1.82, 2.24) is 0 Å². The Morgan fingerprint density at radius 2 is 2.25 bits per heavy atom. The highest BCUT2D eigenvalue weighted by Crippen LogP contribution is 2.11. The minimum Gasteiger partial charge on any atom is -0.326 e. The average Bonchev–Trinajstić information content (AvgIpc) is 2.04. The van der Waals surface area contributed by atoms with Crippen molar-refractivity contribution in [3.05, 3.63) is 29.6 Å². The summed E-state index contributed by atoms with van der Waals surface area (Å²) in [5.74, 6) is -0.384. The first kappa shape index (κ1) is 9.35. The fraction of sp³-hybridized carbons (Fsp3) is 0.250. The Kier molecular flexibility index (Phi) is 2.94.